The standard InChI is InChI=1S/C15H23N3O3/c1-17(2)15(7-3-4-8-15)11-16-13(19)10-18-9-5-6-12(18)14(20)21/h5-6,9H,3-4,7-8,10-11H2,1-2H3,(H,16,19)(H,20,21). The number of aromatic nitrogens is 1. The van der Waals surface area contributed by atoms with Crippen molar-refractivity contribution in [1.29, 1.82) is 0 Å². The lowest BCUT2D eigenvalue weighted by atomic mass is 9.96. The van der Waals surface area contributed by atoms with Gasteiger partial charge in [0.25, 0.3) is 0 Å². The maximum Gasteiger partial charge on any atom is 0.352 e. The first-order valence-corrected chi connectivity index (χ1v) is 7.27. The number of carboxylic acids is 1. The van der Waals surface area contributed by atoms with Crippen LogP contribution in [0.25, 0.3) is 0 Å². The van der Waals surface area contributed by atoms with E-state index in [0.29, 0.717) is 6.54 Å². The maximum absolute atomic E-state index is 12.1. The molecule has 0 atom stereocenters. The van der Waals surface area contributed by atoms with Crippen LogP contribution < -0.4 is 5.32 Å². The highest BCUT2D eigenvalue weighted by molar-refractivity contribution is 5.86. The molecule has 21 heavy (non-hydrogen) atoms. The monoisotopic (exact) mass is 293 g/mol. The predicted octanol–water partition coefficient (Wildman–Crippen LogP) is 1.18. The molecule has 0 radical (unpaired) electrons. The molecule has 2 N–H and O–H groups in total. The molecule has 1 aromatic heterocycles. The molecule has 0 unspecified atom stereocenters. The zero-order valence-corrected chi connectivity index (χ0v) is 12.6. The van der Waals surface area contributed by atoms with Crippen molar-refractivity contribution in [2.24, 2.45) is 0 Å². The van der Waals surface area contributed by atoms with Crippen molar-refractivity contribution < 1.29 is 14.7 Å². The summed E-state index contributed by atoms with van der Waals surface area (Å²) in [5.74, 6) is -1.17. The molecule has 1 amide bonds. The van der Waals surface area contributed by atoms with Gasteiger partial charge in [0.1, 0.15) is 12.2 Å². The smallest absolute Gasteiger partial charge is 0.352 e. The summed E-state index contributed by atoms with van der Waals surface area (Å²) in [4.78, 5) is 25.3. The van der Waals surface area contributed by atoms with Crippen LogP contribution in [0.5, 0.6) is 0 Å². The molecule has 0 spiro atoms. The Bertz CT molecular complexity index is 516. The molecule has 1 fully saturated rings. The van der Waals surface area contributed by atoms with Crippen LogP contribution in [-0.4, -0.2) is 52.6 Å². The number of hydrogen-bond acceptors (Lipinski definition) is 3. The van der Waals surface area contributed by atoms with E-state index in [2.05, 4.69) is 10.2 Å². The summed E-state index contributed by atoms with van der Waals surface area (Å²) in [5, 5.41) is 12.0. The summed E-state index contributed by atoms with van der Waals surface area (Å²) >= 11 is 0. The average Bonchev–Trinajstić information content (AvgIpc) is 3.05. The molecule has 6 nitrogen and oxygen atoms in total. The third-order valence-corrected chi connectivity index (χ3v) is 4.46. The van der Waals surface area contributed by atoms with Gasteiger partial charge in [-0.25, -0.2) is 4.79 Å². The number of nitrogens with one attached hydrogen (secondary N) is 1. The van der Waals surface area contributed by atoms with Crippen LogP contribution in [0.15, 0.2) is 18.3 Å². The van der Waals surface area contributed by atoms with E-state index in [1.54, 1.807) is 12.3 Å². The lowest BCUT2D eigenvalue weighted by molar-refractivity contribution is -0.122. The zero-order valence-electron chi connectivity index (χ0n) is 12.6. The highest BCUT2D eigenvalue weighted by atomic mass is 16.4. The first-order chi connectivity index (χ1) is 9.94. The highest BCUT2D eigenvalue weighted by Crippen LogP contribution is 2.33. The van der Waals surface area contributed by atoms with Crippen LogP contribution in [0.3, 0.4) is 0 Å². The van der Waals surface area contributed by atoms with Gasteiger partial charge in [-0.05, 0) is 39.1 Å². The molecular formula is C15H23N3O3. The quantitative estimate of drug-likeness (QED) is 0.826. The first kappa shape index (κ1) is 15.6. The normalized spacial score (nSPS) is 17.1. The van der Waals surface area contributed by atoms with Crippen molar-refractivity contribution in [2.75, 3.05) is 20.6 Å². The molecule has 6 heteroatoms. The molecular weight excluding hydrogens is 270 g/mol. The number of amides is 1. The van der Waals surface area contributed by atoms with E-state index in [1.807, 2.05) is 14.1 Å². The summed E-state index contributed by atoms with van der Waals surface area (Å²) in [6.45, 7) is 0.653. The Labute approximate surface area is 124 Å². The van der Waals surface area contributed by atoms with E-state index in [-0.39, 0.29) is 23.7 Å². The van der Waals surface area contributed by atoms with E-state index < -0.39 is 5.97 Å². The number of carboxylic acid groups (broad SMARTS) is 1. The maximum atomic E-state index is 12.1. The van der Waals surface area contributed by atoms with Crippen LogP contribution in [-0.2, 0) is 11.3 Å². The molecule has 0 bridgehead atoms. The Morgan fingerprint density at radius 2 is 2.05 bits per heavy atom. The number of likely N-dealkylation sites (N-methyl/N-ethyl adjacent to an activating group) is 1. The van der Waals surface area contributed by atoms with Crippen molar-refractivity contribution in [2.45, 2.75) is 37.8 Å². The average molecular weight is 293 g/mol. The van der Waals surface area contributed by atoms with Crippen molar-refractivity contribution >= 4 is 11.9 Å². The summed E-state index contributed by atoms with van der Waals surface area (Å²) in [6, 6.07) is 3.13. The number of nitrogens with zero attached hydrogens (tertiary/aromatic N) is 2. The van der Waals surface area contributed by atoms with E-state index in [4.69, 9.17) is 5.11 Å². The largest absolute Gasteiger partial charge is 0.477 e. The van der Waals surface area contributed by atoms with Crippen molar-refractivity contribution in [1.82, 2.24) is 14.8 Å². The molecule has 2 rings (SSSR count). The second-order valence-electron chi connectivity index (χ2n) is 5.93. The van der Waals surface area contributed by atoms with Crippen molar-refractivity contribution in [3.05, 3.63) is 24.0 Å². The number of hydrogen-bond donors (Lipinski definition) is 2. The van der Waals surface area contributed by atoms with Gasteiger partial charge in [-0.1, -0.05) is 12.8 Å². The van der Waals surface area contributed by atoms with E-state index in [1.165, 1.54) is 23.5 Å². The predicted molar refractivity (Wildman–Crippen MR) is 79.3 cm³/mol. The Balaban J connectivity index is 1.93. The molecule has 1 aromatic rings. The second kappa shape index (κ2) is 6.30. The topological polar surface area (TPSA) is 74.6 Å². The van der Waals surface area contributed by atoms with Crippen molar-refractivity contribution in [3.8, 4) is 0 Å². The molecule has 1 heterocycles. The number of aromatic carboxylic acids is 1. The van der Waals surface area contributed by atoms with Crippen LogP contribution in [0, 0.1) is 0 Å². The number of rotatable bonds is 6. The van der Waals surface area contributed by atoms with Crippen molar-refractivity contribution in [3.63, 3.8) is 0 Å². The number of carbonyl (C=O) groups is 2. The molecule has 0 aromatic carbocycles. The second-order valence-corrected chi connectivity index (χ2v) is 5.93. The third-order valence-electron chi connectivity index (χ3n) is 4.46. The fourth-order valence-electron chi connectivity index (χ4n) is 3.04. The fourth-order valence-corrected chi connectivity index (χ4v) is 3.04. The molecule has 1 aliphatic rings. The minimum absolute atomic E-state index is 0.0398. The van der Waals surface area contributed by atoms with E-state index in [0.717, 1.165) is 12.8 Å². The SMILES string of the molecule is CN(C)C1(CNC(=O)Cn2cccc2C(=O)O)CCCC1. The Kier molecular flexibility index (Phi) is 4.67. The molecule has 1 saturated carbocycles. The highest BCUT2D eigenvalue weighted by Gasteiger charge is 2.36. The van der Waals surface area contributed by atoms with Crippen LogP contribution in [0.2, 0.25) is 0 Å². The third kappa shape index (κ3) is 3.44. The van der Waals surface area contributed by atoms with Gasteiger partial charge < -0.3 is 19.9 Å². The van der Waals surface area contributed by atoms with Gasteiger partial charge >= 0.3 is 5.97 Å². The molecule has 116 valence electrons. The zero-order chi connectivity index (χ0) is 15.5. The fraction of sp³-hybridized carbons (Fsp3) is 0.600. The number of carbonyl (C=O) groups excluding carboxylic acids is 1. The Morgan fingerprint density at radius 3 is 2.62 bits per heavy atom. The van der Waals surface area contributed by atoms with E-state index >= 15 is 0 Å². The van der Waals surface area contributed by atoms with Gasteiger partial charge in [0.05, 0.1) is 0 Å². The van der Waals surface area contributed by atoms with Gasteiger partial charge in [0, 0.05) is 18.3 Å². The van der Waals surface area contributed by atoms with Crippen LogP contribution in [0.1, 0.15) is 36.2 Å². The minimum Gasteiger partial charge on any atom is -0.477 e. The summed E-state index contributed by atoms with van der Waals surface area (Å²) in [7, 11) is 4.10. The lowest BCUT2D eigenvalue weighted by Gasteiger charge is -2.36. The Morgan fingerprint density at radius 1 is 1.38 bits per heavy atom. The van der Waals surface area contributed by atoms with Gasteiger partial charge in [0.15, 0.2) is 0 Å². The molecule has 0 saturated heterocycles. The minimum atomic E-state index is -1.02. The van der Waals surface area contributed by atoms with Crippen LogP contribution in [0.4, 0.5) is 0 Å². The summed E-state index contributed by atoms with van der Waals surface area (Å²) in [5.41, 5.74) is 0.176. The van der Waals surface area contributed by atoms with Gasteiger partial charge in [-0.2, -0.15) is 0 Å². The first-order valence-electron chi connectivity index (χ1n) is 7.27. The van der Waals surface area contributed by atoms with Gasteiger partial charge in [0.2, 0.25) is 5.91 Å². The van der Waals surface area contributed by atoms with Gasteiger partial charge in [-0.3, -0.25) is 4.79 Å². The summed E-state index contributed by atoms with van der Waals surface area (Å²) < 4.78 is 1.45. The lowest BCUT2D eigenvalue weighted by Crippen LogP contribution is -2.51. The molecule has 0 aliphatic heterocycles. The van der Waals surface area contributed by atoms with E-state index in [9.17, 15) is 9.59 Å². The Hall–Kier alpha value is -1.82. The summed E-state index contributed by atoms with van der Waals surface area (Å²) in [6.07, 6.45) is 6.16. The van der Waals surface area contributed by atoms with Gasteiger partial charge in [-0.15, -0.1) is 0 Å². The van der Waals surface area contributed by atoms with Crippen LogP contribution >= 0.6 is 0 Å². The molecule has 1 aliphatic carbocycles.